The first-order valence-electron chi connectivity index (χ1n) is 8.91. The minimum Gasteiger partial charge on any atom is -0.315 e. The maximum absolute atomic E-state index is 13.0. The highest BCUT2D eigenvalue weighted by Crippen LogP contribution is 2.39. The molecule has 0 aliphatic heterocycles. The van der Waals surface area contributed by atoms with E-state index in [4.69, 9.17) is 0 Å². The summed E-state index contributed by atoms with van der Waals surface area (Å²) in [7, 11) is 0. The van der Waals surface area contributed by atoms with E-state index in [-0.39, 0.29) is 18.3 Å². The highest BCUT2D eigenvalue weighted by Gasteiger charge is 2.24. The first-order chi connectivity index (χ1) is 13.5. The fourth-order valence-corrected chi connectivity index (χ4v) is 4.65. The number of fused-ring (bicyclic) bond motifs is 1. The smallest absolute Gasteiger partial charge is 0.248 e. The summed E-state index contributed by atoms with van der Waals surface area (Å²) >= 11 is 1.48. The van der Waals surface area contributed by atoms with Gasteiger partial charge in [0.05, 0.1) is 5.56 Å². The van der Waals surface area contributed by atoms with Gasteiger partial charge in [-0.25, -0.2) is 4.39 Å². The van der Waals surface area contributed by atoms with E-state index in [0.717, 1.165) is 24.8 Å². The number of rotatable bonds is 4. The summed E-state index contributed by atoms with van der Waals surface area (Å²) in [5, 5.41) is 24.9. The molecule has 7 nitrogen and oxygen atoms in total. The van der Waals surface area contributed by atoms with Gasteiger partial charge < -0.3 is 5.32 Å². The molecule has 1 aromatic carbocycles. The lowest BCUT2D eigenvalue weighted by Gasteiger charge is -2.17. The molecule has 0 radical (unpaired) electrons. The van der Waals surface area contributed by atoms with Crippen LogP contribution in [0.2, 0.25) is 0 Å². The van der Waals surface area contributed by atoms with Gasteiger partial charge in [0.1, 0.15) is 23.4 Å². The average Bonchev–Trinajstić information content (AvgIpc) is 3.25. The van der Waals surface area contributed by atoms with Crippen LogP contribution in [0.15, 0.2) is 24.3 Å². The molecule has 0 fully saturated rings. The van der Waals surface area contributed by atoms with E-state index in [2.05, 4.69) is 33.7 Å². The second-order valence-electron chi connectivity index (χ2n) is 6.87. The largest absolute Gasteiger partial charge is 0.315 e. The van der Waals surface area contributed by atoms with E-state index in [1.165, 1.54) is 33.1 Å². The third-order valence-electron chi connectivity index (χ3n) is 4.72. The van der Waals surface area contributed by atoms with E-state index in [9.17, 15) is 14.4 Å². The molecule has 0 saturated heterocycles. The molecule has 1 atom stereocenters. The van der Waals surface area contributed by atoms with Crippen molar-refractivity contribution in [2.75, 3.05) is 5.32 Å². The van der Waals surface area contributed by atoms with Crippen molar-refractivity contribution in [3.63, 3.8) is 0 Å². The normalized spacial score (nSPS) is 15.7. The number of amides is 1. The molecule has 0 saturated carbocycles. The molecule has 0 bridgehead atoms. The van der Waals surface area contributed by atoms with Crippen molar-refractivity contribution >= 4 is 22.2 Å². The topological polar surface area (TPSA) is 96.5 Å². The highest BCUT2D eigenvalue weighted by atomic mass is 32.1. The monoisotopic (exact) mass is 396 g/mol. The molecular weight excluding hydrogens is 379 g/mol. The fourth-order valence-electron chi connectivity index (χ4n) is 3.28. The Bertz CT molecular complexity index is 1070. The van der Waals surface area contributed by atoms with Gasteiger partial charge in [-0.05, 0) is 60.2 Å². The molecule has 1 aliphatic carbocycles. The van der Waals surface area contributed by atoms with Gasteiger partial charge >= 0.3 is 0 Å². The van der Waals surface area contributed by atoms with E-state index < -0.39 is 0 Å². The number of anilines is 1. The molecule has 3 aromatic rings. The predicted octanol–water partition coefficient (Wildman–Crippen LogP) is 3.18. The van der Waals surface area contributed by atoms with Gasteiger partial charge in [0.2, 0.25) is 11.7 Å². The van der Waals surface area contributed by atoms with Crippen LogP contribution in [0.1, 0.15) is 29.3 Å². The maximum Gasteiger partial charge on any atom is 0.248 e. The lowest BCUT2D eigenvalue weighted by molar-refractivity contribution is -0.117. The number of carbonyl (C=O) groups excluding carboxylic acids is 1. The van der Waals surface area contributed by atoms with Gasteiger partial charge in [0.15, 0.2) is 0 Å². The molecule has 142 valence electrons. The summed E-state index contributed by atoms with van der Waals surface area (Å²) in [5.41, 5.74) is 2.25. The van der Waals surface area contributed by atoms with Crippen molar-refractivity contribution in [2.45, 2.75) is 32.7 Å². The van der Waals surface area contributed by atoms with Crippen LogP contribution in [0.25, 0.3) is 11.4 Å². The minimum absolute atomic E-state index is 0.127. The van der Waals surface area contributed by atoms with Crippen molar-refractivity contribution in [1.29, 1.82) is 5.26 Å². The van der Waals surface area contributed by atoms with Crippen molar-refractivity contribution in [1.82, 2.24) is 20.2 Å². The number of benzene rings is 1. The van der Waals surface area contributed by atoms with Gasteiger partial charge in [-0.15, -0.1) is 21.5 Å². The molecule has 1 amide bonds. The summed E-state index contributed by atoms with van der Waals surface area (Å²) in [4.78, 5) is 14.8. The molecule has 0 spiro atoms. The Balaban J connectivity index is 1.47. The summed E-state index contributed by atoms with van der Waals surface area (Å²) in [5.74, 6) is 0.222. The van der Waals surface area contributed by atoms with Crippen molar-refractivity contribution in [2.24, 2.45) is 5.92 Å². The van der Waals surface area contributed by atoms with Crippen LogP contribution in [0.4, 0.5) is 9.39 Å². The predicted molar refractivity (Wildman–Crippen MR) is 102 cm³/mol. The summed E-state index contributed by atoms with van der Waals surface area (Å²) in [6, 6.07) is 7.95. The van der Waals surface area contributed by atoms with Crippen molar-refractivity contribution < 1.29 is 9.18 Å². The molecular formula is C19H17FN6OS. The van der Waals surface area contributed by atoms with Gasteiger partial charge in [-0.1, -0.05) is 6.92 Å². The molecule has 1 aliphatic rings. The van der Waals surface area contributed by atoms with Gasteiger partial charge in [0.25, 0.3) is 0 Å². The maximum atomic E-state index is 13.0. The Kier molecular flexibility index (Phi) is 4.88. The Morgan fingerprint density at radius 3 is 2.96 bits per heavy atom. The fraction of sp³-hybridized carbons (Fsp3) is 0.316. The van der Waals surface area contributed by atoms with Crippen LogP contribution < -0.4 is 5.32 Å². The van der Waals surface area contributed by atoms with Crippen molar-refractivity contribution in [3.05, 3.63) is 46.1 Å². The van der Waals surface area contributed by atoms with Gasteiger partial charge in [0, 0.05) is 10.4 Å². The third-order valence-corrected chi connectivity index (χ3v) is 5.89. The van der Waals surface area contributed by atoms with E-state index >= 15 is 0 Å². The van der Waals surface area contributed by atoms with E-state index in [1.807, 2.05) is 0 Å². The lowest BCUT2D eigenvalue weighted by Crippen LogP contribution is -2.20. The summed E-state index contributed by atoms with van der Waals surface area (Å²) in [6.45, 7) is 2.07. The molecule has 2 aromatic heterocycles. The van der Waals surface area contributed by atoms with Crippen LogP contribution in [0.5, 0.6) is 0 Å². The second kappa shape index (κ2) is 7.48. The van der Waals surface area contributed by atoms with Crippen molar-refractivity contribution in [3.8, 4) is 17.5 Å². The second-order valence-corrected chi connectivity index (χ2v) is 7.97. The van der Waals surface area contributed by atoms with E-state index in [1.54, 1.807) is 12.1 Å². The van der Waals surface area contributed by atoms with Crippen LogP contribution >= 0.6 is 11.3 Å². The van der Waals surface area contributed by atoms with Crippen LogP contribution in [-0.2, 0) is 24.2 Å². The molecule has 28 heavy (non-hydrogen) atoms. The van der Waals surface area contributed by atoms with Gasteiger partial charge in [-0.2, -0.15) is 10.1 Å². The SMILES string of the molecule is CC1CCc2c(sc(NC(=O)Cn3nnc(-c4ccc(F)cc4)n3)c2C#N)C1. The molecule has 9 heteroatoms. The number of nitrogens with one attached hydrogen (secondary N) is 1. The Morgan fingerprint density at radius 2 is 2.21 bits per heavy atom. The Hall–Kier alpha value is -3.12. The number of aromatic nitrogens is 4. The summed E-state index contributed by atoms with van der Waals surface area (Å²) in [6.07, 6.45) is 2.87. The third kappa shape index (κ3) is 3.64. The Labute approximate surface area is 164 Å². The Morgan fingerprint density at radius 1 is 1.43 bits per heavy atom. The quantitative estimate of drug-likeness (QED) is 0.731. The number of thiophene rings is 1. The zero-order valence-electron chi connectivity index (χ0n) is 15.1. The lowest BCUT2D eigenvalue weighted by atomic mass is 9.89. The number of halogens is 1. The number of nitrogens with zero attached hydrogens (tertiary/aromatic N) is 5. The number of carbonyl (C=O) groups is 1. The standard InChI is InChI=1S/C19H17FN6OS/c1-11-2-7-14-15(9-21)19(28-16(14)8-11)22-17(27)10-26-24-18(23-25-26)12-3-5-13(20)6-4-12/h3-6,11H,2,7-8,10H2,1H3,(H,22,27). The van der Waals surface area contributed by atoms with E-state index in [0.29, 0.717) is 27.9 Å². The molecule has 1 unspecified atom stereocenters. The first kappa shape index (κ1) is 18.3. The number of tetrazole rings is 1. The van der Waals surface area contributed by atoms with Crippen LogP contribution in [0.3, 0.4) is 0 Å². The van der Waals surface area contributed by atoms with Gasteiger partial charge in [-0.3, -0.25) is 4.79 Å². The number of nitriles is 1. The highest BCUT2D eigenvalue weighted by molar-refractivity contribution is 7.16. The zero-order valence-corrected chi connectivity index (χ0v) is 16.0. The zero-order chi connectivity index (χ0) is 19.7. The molecule has 4 rings (SSSR count). The summed E-state index contributed by atoms with van der Waals surface area (Å²) < 4.78 is 13.0. The first-order valence-corrected chi connectivity index (χ1v) is 9.73. The molecule has 2 heterocycles. The average molecular weight is 396 g/mol. The molecule has 1 N–H and O–H groups in total. The number of hydrogen-bond donors (Lipinski definition) is 1. The van der Waals surface area contributed by atoms with Crippen LogP contribution in [-0.4, -0.2) is 26.1 Å². The number of hydrogen-bond acceptors (Lipinski definition) is 6. The minimum atomic E-state index is -0.350. The van der Waals surface area contributed by atoms with Crippen LogP contribution in [0, 0.1) is 23.1 Å².